The second-order valence-electron chi connectivity index (χ2n) is 4.45. The largest absolute Gasteiger partial charge is 0.376 e. The fraction of sp³-hybridized carbons (Fsp3) is 0.154. The lowest BCUT2D eigenvalue weighted by atomic mass is 10.1. The van der Waals surface area contributed by atoms with Crippen molar-refractivity contribution in [1.29, 1.82) is 0 Å². The Balaban J connectivity index is 2.13. The van der Waals surface area contributed by atoms with Crippen molar-refractivity contribution in [2.45, 2.75) is 0 Å². The van der Waals surface area contributed by atoms with Crippen molar-refractivity contribution in [1.82, 2.24) is 20.2 Å². The maximum absolute atomic E-state index is 4.45. The number of nitrogens with zero attached hydrogens (tertiary/aromatic N) is 4. The highest BCUT2D eigenvalue weighted by Gasteiger charge is 2.07. The zero-order chi connectivity index (χ0) is 13.4. The van der Waals surface area contributed by atoms with Crippen molar-refractivity contribution >= 4 is 39.2 Å². The summed E-state index contributed by atoms with van der Waals surface area (Å²) in [5.74, 6) is 0. The van der Waals surface area contributed by atoms with E-state index in [1.807, 2.05) is 37.5 Å². The molecule has 0 bridgehead atoms. The third-order valence-electron chi connectivity index (χ3n) is 2.93. The zero-order valence-electron chi connectivity index (χ0n) is 10.6. The van der Waals surface area contributed by atoms with Gasteiger partial charge in [0.2, 0.25) is 0 Å². The van der Waals surface area contributed by atoms with Gasteiger partial charge < -0.3 is 4.90 Å². The van der Waals surface area contributed by atoms with Crippen LogP contribution in [0.5, 0.6) is 0 Å². The number of halogens is 1. The Hall–Kier alpha value is -1.70. The second-order valence-corrected chi connectivity index (χ2v) is 5.53. The average molecular weight is 365 g/mol. The minimum absolute atomic E-state index is 0.880. The highest BCUT2D eigenvalue weighted by Crippen LogP contribution is 2.25. The molecule has 96 valence electrons. The number of aromatic nitrogens is 4. The Morgan fingerprint density at radius 1 is 1.16 bits per heavy atom. The Labute approximate surface area is 124 Å². The van der Waals surface area contributed by atoms with Crippen LogP contribution in [0.1, 0.15) is 0 Å². The number of pyridine rings is 2. The Morgan fingerprint density at radius 3 is 2.79 bits per heavy atom. The van der Waals surface area contributed by atoms with E-state index in [-0.39, 0.29) is 0 Å². The number of hydrogen-bond acceptors (Lipinski definition) is 4. The minimum Gasteiger partial charge on any atom is -0.376 e. The fourth-order valence-corrected chi connectivity index (χ4v) is 2.41. The molecule has 3 aromatic rings. The first-order valence-corrected chi connectivity index (χ1v) is 6.85. The van der Waals surface area contributed by atoms with E-state index in [2.05, 4.69) is 48.8 Å². The minimum atomic E-state index is 0.880. The van der Waals surface area contributed by atoms with Crippen LogP contribution in [0.15, 0.2) is 30.7 Å². The number of H-pyrrole nitrogens is 1. The van der Waals surface area contributed by atoms with Crippen LogP contribution >= 0.6 is 22.6 Å². The van der Waals surface area contributed by atoms with Gasteiger partial charge in [-0.3, -0.25) is 15.1 Å². The third-order valence-corrected chi connectivity index (χ3v) is 3.75. The van der Waals surface area contributed by atoms with E-state index < -0.39 is 0 Å². The van der Waals surface area contributed by atoms with Crippen molar-refractivity contribution in [3.05, 3.63) is 34.4 Å². The van der Waals surface area contributed by atoms with Crippen LogP contribution in [-0.2, 0) is 0 Å². The summed E-state index contributed by atoms with van der Waals surface area (Å²) in [6, 6.07) is 4.12. The first kappa shape index (κ1) is 12.3. The molecule has 19 heavy (non-hydrogen) atoms. The van der Waals surface area contributed by atoms with Crippen LogP contribution in [0.25, 0.3) is 22.2 Å². The first-order valence-electron chi connectivity index (χ1n) is 5.77. The summed E-state index contributed by atoms with van der Waals surface area (Å²) in [5.41, 5.74) is 3.85. The second kappa shape index (κ2) is 4.76. The molecule has 0 spiro atoms. The van der Waals surface area contributed by atoms with Gasteiger partial charge in [-0.2, -0.15) is 5.10 Å². The molecule has 3 aromatic heterocycles. The van der Waals surface area contributed by atoms with E-state index in [1.54, 1.807) is 6.20 Å². The number of rotatable bonds is 2. The van der Waals surface area contributed by atoms with Crippen molar-refractivity contribution in [3.8, 4) is 11.3 Å². The molecule has 0 saturated heterocycles. The Kier molecular flexibility index (Phi) is 3.09. The van der Waals surface area contributed by atoms with Gasteiger partial charge in [-0.15, -0.1) is 0 Å². The van der Waals surface area contributed by atoms with E-state index in [1.165, 1.54) is 0 Å². The lowest BCUT2D eigenvalue weighted by Gasteiger charge is -2.12. The molecule has 3 heterocycles. The van der Waals surface area contributed by atoms with Crippen LogP contribution in [0.3, 0.4) is 0 Å². The molecule has 3 rings (SSSR count). The van der Waals surface area contributed by atoms with Gasteiger partial charge in [0.25, 0.3) is 0 Å². The molecule has 0 aromatic carbocycles. The van der Waals surface area contributed by atoms with E-state index in [4.69, 9.17) is 0 Å². The summed E-state index contributed by atoms with van der Waals surface area (Å²) in [5, 5.41) is 8.22. The van der Waals surface area contributed by atoms with E-state index in [0.29, 0.717) is 0 Å². The van der Waals surface area contributed by atoms with Gasteiger partial charge in [0.05, 0.1) is 23.8 Å². The standard InChI is InChI=1S/C13H12IN5/c1-19(2)9-3-8(5-15-6-9)11-4-10-12(7-16-11)17-18-13(10)14/h3-7H,1-2H3,(H,17,18). The number of hydrogen-bond donors (Lipinski definition) is 1. The van der Waals surface area contributed by atoms with Crippen molar-refractivity contribution < 1.29 is 0 Å². The number of nitrogens with one attached hydrogen (secondary N) is 1. The highest BCUT2D eigenvalue weighted by atomic mass is 127. The normalized spacial score (nSPS) is 10.9. The SMILES string of the molecule is CN(C)c1cncc(-c2cc3c(I)[nH]nc3cn2)c1. The molecule has 0 fully saturated rings. The molecule has 0 saturated carbocycles. The molecule has 0 aliphatic carbocycles. The zero-order valence-corrected chi connectivity index (χ0v) is 12.7. The molecule has 6 heteroatoms. The molecule has 0 aliphatic heterocycles. The summed E-state index contributed by atoms with van der Waals surface area (Å²) in [6.07, 6.45) is 5.45. The van der Waals surface area contributed by atoms with Crippen LogP contribution in [0.2, 0.25) is 0 Å². The topological polar surface area (TPSA) is 57.7 Å². The van der Waals surface area contributed by atoms with E-state index in [9.17, 15) is 0 Å². The summed E-state index contributed by atoms with van der Waals surface area (Å²) in [7, 11) is 3.99. The summed E-state index contributed by atoms with van der Waals surface area (Å²) >= 11 is 2.24. The molecule has 0 unspecified atom stereocenters. The highest BCUT2D eigenvalue weighted by molar-refractivity contribution is 14.1. The predicted octanol–water partition coefficient (Wildman–Crippen LogP) is 2.69. The molecule has 0 amide bonds. The fourth-order valence-electron chi connectivity index (χ4n) is 1.85. The van der Waals surface area contributed by atoms with E-state index in [0.717, 1.165) is 31.5 Å². The number of fused-ring (bicyclic) bond motifs is 1. The van der Waals surface area contributed by atoms with Gasteiger partial charge in [-0.1, -0.05) is 0 Å². The van der Waals surface area contributed by atoms with Crippen LogP contribution in [0.4, 0.5) is 5.69 Å². The summed E-state index contributed by atoms with van der Waals surface area (Å²) in [6.45, 7) is 0. The van der Waals surface area contributed by atoms with Gasteiger partial charge >= 0.3 is 0 Å². The quantitative estimate of drug-likeness (QED) is 0.710. The van der Waals surface area contributed by atoms with Crippen molar-refractivity contribution in [2.75, 3.05) is 19.0 Å². The van der Waals surface area contributed by atoms with Gasteiger partial charge in [0.15, 0.2) is 0 Å². The molecular weight excluding hydrogens is 353 g/mol. The monoisotopic (exact) mass is 365 g/mol. The van der Waals surface area contributed by atoms with Gasteiger partial charge in [0, 0.05) is 31.2 Å². The molecule has 0 aliphatic rings. The molecule has 5 nitrogen and oxygen atoms in total. The van der Waals surface area contributed by atoms with Crippen molar-refractivity contribution in [3.63, 3.8) is 0 Å². The van der Waals surface area contributed by atoms with Gasteiger partial charge in [-0.05, 0) is 34.7 Å². The Morgan fingerprint density at radius 2 is 2.00 bits per heavy atom. The summed E-state index contributed by atoms with van der Waals surface area (Å²) < 4.78 is 1.02. The van der Waals surface area contributed by atoms with E-state index >= 15 is 0 Å². The van der Waals surface area contributed by atoms with Crippen LogP contribution in [0, 0.1) is 3.70 Å². The third kappa shape index (κ3) is 2.27. The maximum Gasteiger partial charge on any atom is 0.112 e. The molecule has 0 radical (unpaired) electrons. The number of anilines is 1. The smallest absolute Gasteiger partial charge is 0.112 e. The number of aromatic amines is 1. The van der Waals surface area contributed by atoms with Crippen LogP contribution in [-0.4, -0.2) is 34.3 Å². The Bertz CT molecular complexity index is 735. The summed E-state index contributed by atoms with van der Waals surface area (Å²) in [4.78, 5) is 10.7. The lowest BCUT2D eigenvalue weighted by molar-refractivity contribution is 1.09. The average Bonchev–Trinajstić information content (AvgIpc) is 2.80. The van der Waals surface area contributed by atoms with Crippen molar-refractivity contribution in [2.24, 2.45) is 0 Å². The molecule has 1 N–H and O–H groups in total. The lowest BCUT2D eigenvalue weighted by Crippen LogP contribution is -2.08. The van der Waals surface area contributed by atoms with Gasteiger partial charge in [0.1, 0.15) is 9.22 Å². The van der Waals surface area contributed by atoms with Crippen LogP contribution < -0.4 is 4.90 Å². The predicted molar refractivity (Wildman–Crippen MR) is 84.2 cm³/mol. The molecular formula is C13H12IN5. The molecule has 0 atom stereocenters. The van der Waals surface area contributed by atoms with Gasteiger partial charge in [-0.25, -0.2) is 0 Å². The first-order chi connectivity index (χ1) is 9.15. The maximum atomic E-state index is 4.45.